The van der Waals surface area contributed by atoms with Gasteiger partial charge in [0.05, 0.1) is 11.6 Å². The molecule has 0 saturated carbocycles. The standard InChI is InChI=1S/C28H28N2O/c1-3-28(31-26-18-21(2)24-16-10-11-17-25(24)29-26)19-30(20-28)27(22-12-6-4-7-13-22)23-14-8-5-9-15-23/h4-18,27H,3,19-20H2,1-2H3. The Morgan fingerprint density at radius 1 is 0.871 bits per heavy atom. The van der Waals surface area contributed by atoms with Crippen molar-refractivity contribution in [1.29, 1.82) is 0 Å². The average molecular weight is 409 g/mol. The second-order valence-corrected chi connectivity index (χ2v) is 8.56. The van der Waals surface area contributed by atoms with E-state index in [9.17, 15) is 0 Å². The molecular formula is C28H28N2O. The van der Waals surface area contributed by atoms with Gasteiger partial charge in [0.1, 0.15) is 5.60 Å². The number of nitrogens with zero attached hydrogens (tertiary/aromatic N) is 2. The first-order valence-electron chi connectivity index (χ1n) is 11.1. The van der Waals surface area contributed by atoms with Gasteiger partial charge in [-0.15, -0.1) is 0 Å². The Hall–Kier alpha value is -3.17. The third kappa shape index (κ3) is 3.82. The average Bonchev–Trinajstić information content (AvgIpc) is 2.79. The van der Waals surface area contributed by atoms with E-state index in [1.807, 2.05) is 6.07 Å². The zero-order chi connectivity index (χ0) is 21.3. The van der Waals surface area contributed by atoms with E-state index in [0.717, 1.165) is 30.9 Å². The number of ether oxygens (including phenoxy) is 1. The van der Waals surface area contributed by atoms with Crippen LogP contribution in [0.3, 0.4) is 0 Å². The van der Waals surface area contributed by atoms with Crippen molar-refractivity contribution < 1.29 is 4.74 Å². The molecule has 0 N–H and O–H groups in total. The number of benzene rings is 3. The van der Waals surface area contributed by atoms with Gasteiger partial charge in [0, 0.05) is 24.5 Å². The Labute approximate surface area is 184 Å². The predicted octanol–water partition coefficient (Wildman–Crippen LogP) is 6.18. The first kappa shape index (κ1) is 19.8. The number of pyridine rings is 1. The van der Waals surface area contributed by atoms with Crippen LogP contribution in [0.15, 0.2) is 91.0 Å². The number of likely N-dealkylation sites (tertiary alicyclic amines) is 1. The van der Waals surface area contributed by atoms with Gasteiger partial charge in [-0.3, -0.25) is 4.90 Å². The fourth-order valence-electron chi connectivity index (χ4n) is 4.71. The third-order valence-corrected chi connectivity index (χ3v) is 6.44. The topological polar surface area (TPSA) is 25.4 Å². The van der Waals surface area contributed by atoms with Crippen LogP contribution in [0.25, 0.3) is 10.9 Å². The van der Waals surface area contributed by atoms with E-state index >= 15 is 0 Å². The van der Waals surface area contributed by atoms with Gasteiger partial charge in [-0.2, -0.15) is 0 Å². The van der Waals surface area contributed by atoms with Crippen molar-refractivity contribution in [3.8, 4) is 5.88 Å². The van der Waals surface area contributed by atoms with E-state index in [4.69, 9.17) is 9.72 Å². The van der Waals surface area contributed by atoms with Crippen molar-refractivity contribution in [2.45, 2.75) is 31.9 Å². The molecule has 5 rings (SSSR count). The molecule has 1 aliphatic rings. The lowest BCUT2D eigenvalue weighted by Crippen LogP contribution is -2.65. The van der Waals surface area contributed by atoms with Crippen molar-refractivity contribution in [3.63, 3.8) is 0 Å². The summed E-state index contributed by atoms with van der Waals surface area (Å²) in [5.74, 6) is 0.730. The first-order chi connectivity index (χ1) is 15.2. The molecule has 0 atom stereocenters. The van der Waals surface area contributed by atoms with Crippen molar-refractivity contribution in [2.24, 2.45) is 0 Å². The fourth-order valence-corrected chi connectivity index (χ4v) is 4.71. The van der Waals surface area contributed by atoms with Gasteiger partial charge in [-0.25, -0.2) is 4.98 Å². The minimum atomic E-state index is -0.205. The molecule has 3 nitrogen and oxygen atoms in total. The Morgan fingerprint density at radius 2 is 1.45 bits per heavy atom. The first-order valence-corrected chi connectivity index (χ1v) is 11.1. The summed E-state index contributed by atoms with van der Waals surface area (Å²) in [5, 5.41) is 1.18. The molecule has 0 radical (unpaired) electrons. The lowest BCUT2D eigenvalue weighted by Gasteiger charge is -2.52. The maximum Gasteiger partial charge on any atom is 0.214 e. The lowest BCUT2D eigenvalue weighted by atomic mass is 9.85. The number of para-hydroxylation sites is 1. The Bertz CT molecular complexity index is 1130. The third-order valence-electron chi connectivity index (χ3n) is 6.44. The number of aryl methyl sites for hydroxylation is 1. The number of hydrogen-bond acceptors (Lipinski definition) is 3. The number of aromatic nitrogens is 1. The van der Waals surface area contributed by atoms with Crippen LogP contribution in [-0.4, -0.2) is 28.6 Å². The predicted molar refractivity (Wildman–Crippen MR) is 126 cm³/mol. The molecular weight excluding hydrogens is 380 g/mol. The molecule has 0 spiro atoms. The second kappa shape index (κ2) is 8.16. The highest BCUT2D eigenvalue weighted by atomic mass is 16.5. The van der Waals surface area contributed by atoms with Crippen molar-refractivity contribution in [3.05, 3.63) is 108 Å². The summed E-state index contributed by atoms with van der Waals surface area (Å²) < 4.78 is 6.58. The van der Waals surface area contributed by atoms with E-state index < -0.39 is 0 Å². The number of fused-ring (bicyclic) bond motifs is 1. The summed E-state index contributed by atoms with van der Waals surface area (Å²) in [6.07, 6.45) is 0.952. The van der Waals surface area contributed by atoms with E-state index in [1.54, 1.807) is 0 Å². The van der Waals surface area contributed by atoms with E-state index in [2.05, 4.69) is 104 Å². The van der Waals surface area contributed by atoms with Crippen LogP contribution < -0.4 is 4.74 Å². The molecule has 0 amide bonds. The van der Waals surface area contributed by atoms with Gasteiger partial charge < -0.3 is 4.74 Å². The zero-order valence-corrected chi connectivity index (χ0v) is 18.2. The summed E-state index contributed by atoms with van der Waals surface area (Å²) >= 11 is 0. The van der Waals surface area contributed by atoms with Gasteiger partial charge in [0.15, 0.2) is 0 Å². The maximum absolute atomic E-state index is 6.58. The quantitative estimate of drug-likeness (QED) is 0.381. The molecule has 1 aliphatic heterocycles. The highest BCUT2D eigenvalue weighted by molar-refractivity contribution is 5.82. The lowest BCUT2D eigenvalue weighted by molar-refractivity contribution is -0.0949. The fraction of sp³-hybridized carbons (Fsp3) is 0.250. The van der Waals surface area contributed by atoms with Gasteiger partial charge >= 0.3 is 0 Å². The van der Waals surface area contributed by atoms with Crippen LogP contribution in [-0.2, 0) is 0 Å². The van der Waals surface area contributed by atoms with Crippen LogP contribution >= 0.6 is 0 Å². The van der Waals surface area contributed by atoms with Crippen molar-refractivity contribution in [2.75, 3.05) is 13.1 Å². The summed E-state index contributed by atoms with van der Waals surface area (Å²) in [4.78, 5) is 7.31. The molecule has 156 valence electrons. The highest BCUT2D eigenvalue weighted by Crippen LogP contribution is 2.39. The molecule has 4 aromatic rings. The molecule has 1 aromatic heterocycles. The Kier molecular flexibility index (Phi) is 5.21. The number of rotatable bonds is 6. The maximum atomic E-state index is 6.58. The molecule has 3 aromatic carbocycles. The number of hydrogen-bond donors (Lipinski definition) is 0. The molecule has 31 heavy (non-hydrogen) atoms. The smallest absolute Gasteiger partial charge is 0.214 e. The summed E-state index contributed by atoms with van der Waals surface area (Å²) in [5.41, 5.74) is 4.63. The summed E-state index contributed by atoms with van der Waals surface area (Å²) in [6.45, 7) is 6.10. The molecule has 1 saturated heterocycles. The minimum Gasteiger partial charge on any atom is -0.468 e. The minimum absolute atomic E-state index is 0.205. The highest BCUT2D eigenvalue weighted by Gasteiger charge is 2.47. The van der Waals surface area contributed by atoms with Crippen LogP contribution in [0, 0.1) is 6.92 Å². The molecule has 0 aliphatic carbocycles. The van der Waals surface area contributed by atoms with Crippen LogP contribution in [0.2, 0.25) is 0 Å². The van der Waals surface area contributed by atoms with Gasteiger partial charge in [-0.1, -0.05) is 85.8 Å². The van der Waals surface area contributed by atoms with Gasteiger partial charge in [-0.05, 0) is 36.1 Å². The summed E-state index contributed by atoms with van der Waals surface area (Å²) in [6, 6.07) is 32.1. The second-order valence-electron chi connectivity index (χ2n) is 8.56. The molecule has 2 heterocycles. The summed E-state index contributed by atoms with van der Waals surface area (Å²) in [7, 11) is 0. The normalized spacial score (nSPS) is 15.7. The molecule has 3 heteroatoms. The van der Waals surface area contributed by atoms with Crippen molar-refractivity contribution >= 4 is 10.9 Å². The van der Waals surface area contributed by atoms with Gasteiger partial charge in [0.2, 0.25) is 5.88 Å². The monoisotopic (exact) mass is 408 g/mol. The van der Waals surface area contributed by atoms with Gasteiger partial charge in [0.25, 0.3) is 0 Å². The van der Waals surface area contributed by atoms with E-state index in [1.165, 1.54) is 22.1 Å². The molecule has 0 unspecified atom stereocenters. The van der Waals surface area contributed by atoms with E-state index in [-0.39, 0.29) is 11.6 Å². The van der Waals surface area contributed by atoms with Crippen LogP contribution in [0.5, 0.6) is 5.88 Å². The van der Waals surface area contributed by atoms with Crippen LogP contribution in [0.4, 0.5) is 0 Å². The zero-order valence-electron chi connectivity index (χ0n) is 18.2. The van der Waals surface area contributed by atoms with E-state index in [0.29, 0.717) is 0 Å². The van der Waals surface area contributed by atoms with Crippen molar-refractivity contribution in [1.82, 2.24) is 9.88 Å². The Morgan fingerprint density at radius 3 is 2.06 bits per heavy atom. The SMILES string of the molecule is CCC1(Oc2cc(C)c3ccccc3n2)CN(C(c2ccccc2)c2ccccc2)C1. The Balaban J connectivity index is 1.41. The molecule has 1 fully saturated rings. The van der Waals surface area contributed by atoms with Crippen LogP contribution in [0.1, 0.15) is 36.1 Å². The largest absolute Gasteiger partial charge is 0.468 e. The molecule has 0 bridgehead atoms.